The van der Waals surface area contributed by atoms with Gasteiger partial charge < -0.3 is 0 Å². The van der Waals surface area contributed by atoms with Crippen molar-refractivity contribution in [2.45, 2.75) is 0 Å². The van der Waals surface area contributed by atoms with Gasteiger partial charge >= 0.3 is 0 Å². The Kier molecular flexibility index (Phi) is 1.53. The van der Waals surface area contributed by atoms with Crippen molar-refractivity contribution in [3.8, 4) is 6.07 Å². The Balaban J connectivity index is 2.91. The summed E-state index contributed by atoms with van der Waals surface area (Å²) in [6.45, 7) is 0. The molecule has 0 N–H and O–H groups in total. The monoisotopic (exact) mass is 152 g/mol. The first-order chi connectivity index (χ1) is 5.92. The molecule has 0 heterocycles. The minimum absolute atomic E-state index is 0.688. The maximum absolute atomic E-state index is 8.77. The molecule has 1 heteroatoms. The summed E-state index contributed by atoms with van der Waals surface area (Å²) in [7, 11) is 0. The van der Waals surface area contributed by atoms with Crippen LogP contribution in [-0.2, 0) is 0 Å². The molecule has 2 aromatic rings. The molecule has 1 radical (unpaired) electrons. The van der Waals surface area contributed by atoms with Gasteiger partial charge in [-0.15, -0.1) is 0 Å². The third kappa shape index (κ3) is 0.943. The smallest absolute Gasteiger partial charge is 0.0998 e. The summed E-state index contributed by atoms with van der Waals surface area (Å²) in [4.78, 5) is 0. The number of hydrogen-bond acceptors (Lipinski definition) is 1. The second-order valence-corrected chi connectivity index (χ2v) is 2.57. The normalized spacial score (nSPS) is 9.58. The Morgan fingerprint density at radius 2 is 2.00 bits per heavy atom. The van der Waals surface area contributed by atoms with Crippen LogP contribution in [-0.4, -0.2) is 0 Å². The van der Waals surface area contributed by atoms with E-state index in [1.807, 2.05) is 30.3 Å². The number of benzene rings is 2. The summed E-state index contributed by atoms with van der Waals surface area (Å²) in [5.74, 6) is 0. The lowest BCUT2D eigenvalue weighted by Crippen LogP contribution is -1.77. The van der Waals surface area contributed by atoms with E-state index < -0.39 is 0 Å². The van der Waals surface area contributed by atoms with E-state index in [1.54, 1.807) is 6.07 Å². The van der Waals surface area contributed by atoms with Crippen LogP contribution in [0.4, 0.5) is 0 Å². The third-order valence-electron chi connectivity index (χ3n) is 1.84. The highest BCUT2D eigenvalue weighted by atomic mass is 14.2. The van der Waals surface area contributed by atoms with Gasteiger partial charge in [0.05, 0.1) is 11.6 Å². The summed E-state index contributed by atoms with van der Waals surface area (Å²) in [6, 6.07) is 16.5. The zero-order valence-corrected chi connectivity index (χ0v) is 6.41. The van der Waals surface area contributed by atoms with Crippen LogP contribution >= 0.6 is 0 Å². The van der Waals surface area contributed by atoms with Crippen LogP contribution in [0.5, 0.6) is 0 Å². The molecule has 0 fully saturated rings. The summed E-state index contributed by atoms with van der Waals surface area (Å²) in [5, 5.41) is 10.8. The Bertz CT molecular complexity index is 447. The lowest BCUT2D eigenvalue weighted by atomic mass is 10.1. The number of fused-ring (bicyclic) bond motifs is 1. The van der Waals surface area contributed by atoms with Gasteiger partial charge in [-0.1, -0.05) is 24.3 Å². The van der Waals surface area contributed by atoms with Crippen molar-refractivity contribution in [2.24, 2.45) is 0 Å². The minimum atomic E-state index is 0.688. The molecular formula is C11H6N. The van der Waals surface area contributed by atoms with Gasteiger partial charge in [0, 0.05) is 0 Å². The highest BCUT2D eigenvalue weighted by Gasteiger charge is 1.96. The number of nitriles is 1. The van der Waals surface area contributed by atoms with E-state index in [0.29, 0.717) is 5.56 Å². The Morgan fingerprint density at radius 3 is 2.83 bits per heavy atom. The van der Waals surface area contributed by atoms with Crippen molar-refractivity contribution in [3.05, 3.63) is 48.0 Å². The standard InChI is InChI=1S/C11H6N/c12-8-10-6-3-5-9-4-1-2-7-11(9)10/h1-2,4-7H. The fourth-order valence-electron chi connectivity index (χ4n) is 1.25. The van der Waals surface area contributed by atoms with E-state index >= 15 is 0 Å². The van der Waals surface area contributed by atoms with E-state index in [2.05, 4.69) is 12.1 Å². The van der Waals surface area contributed by atoms with Crippen molar-refractivity contribution in [1.29, 1.82) is 5.26 Å². The molecule has 0 saturated heterocycles. The van der Waals surface area contributed by atoms with E-state index in [1.165, 1.54) is 0 Å². The topological polar surface area (TPSA) is 23.8 Å². The van der Waals surface area contributed by atoms with Crippen LogP contribution in [0.3, 0.4) is 0 Å². The van der Waals surface area contributed by atoms with Crippen molar-refractivity contribution < 1.29 is 0 Å². The van der Waals surface area contributed by atoms with E-state index in [-0.39, 0.29) is 0 Å². The molecule has 0 amide bonds. The molecule has 12 heavy (non-hydrogen) atoms. The van der Waals surface area contributed by atoms with Gasteiger partial charge in [-0.25, -0.2) is 0 Å². The lowest BCUT2D eigenvalue weighted by molar-refractivity contribution is 1.50. The predicted octanol–water partition coefficient (Wildman–Crippen LogP) is 2.51. The Morgan fingerprint density at radius 1 is 1.17 bits per heavy atom. The summed E-state index contributed by atoms with van der Waals surface area (Å²) in [6.07, 6.45) is 0. The molecule has 0 bridgehead atoms. The number of hydrogen-bond donors (Lipinski definition) is 0. The quantitative estimate of drug-likeness (QED) is 0.569. The molecule has 55 valence electrons. The van der Waals surface area contributed by atoms with Crippen LogP contribution in [0.15, 0.2) is 36.4 Å². The van der Waals surface area contributed by atoms with Crippen LogP contribution in [0.25, 0.3) is 10.8 Å². The molecule has 1 nitrogen and oxygen atoms in total. The largest absolute Gasteiger partial charge is 0.192 e. The molecule has 2 aromatic carbocycles. The third-order valence-corrected chi connectivity index (χ3v) is 1.84. The Labute approximate surface area is 70.9 Å². The SMILES string of the molecule is N#Cc1c[c]cc2ccccc12. The second-order valence-electron chi connectivity index (χ2n) is 2.57. The molecule has 0 unspecified atom stereocenters. The van der Waals surface area contributed by atoms with Crippen LogP contribution in [0, 0.1) is 17.4 Å². The average molecular weight is 152 g/mol. The summed E-state index contributed by atoms with van der Waals surface area (Å²) >= 11 is 0. The van der Waals surface area contributed by atoms with Crippen LogP contribution in [0.2, 0.25) is 0 Å². The number of rotatable bonds is 0. The van der Waals surface area contributed by atoms with Crippen molar-refractivity contribution in [3.63, 3.8) is 0 Å². The van der Waals surface area contributed by atoms with Crippen molar-refractivity contribution in [1.82, 2.24) is 0 Å². The first kappa shape index (κ1) is 6.87. The summed E-state index contributed by atoms with van der Waals surface area (Å²) in [5.41, 5.74) is 0.688. The van der Waals surface area contributed by atoms with Crippen LogP contribution in [0.1, 0.15) is 5.56 Å². The molecule has 0 aliphatic carbocycles. The maximum atomic E-state index is 8.77. The second kappa shape index (κ2) is 2.67. The zero-order valence-electron chi connectivity index (χ0n) is 6.41. The molecular weight excluding hydrogens is 146 g/mol. The predicted molar refractivity (Wildman–Crippen MR) is 47.5 cm³/mol. The van der Waals surface area contributed by atoms with Gasteiger partial charge in [0.2, 0.25) is 0 Å². The van der Waals surface area contributed by atoms with Gasteiger partial charge in [0.15, 0.2) is 0 Å². The molecule has 0 aromatic heterocycles. The van der Waals surface area contributed by atoms with E-state index in [0.717, 1.165) is 10.8 Å². The van der Waals surface area contributed by atoms with Crippen molar-refractivity contribution >= 4 is 10.8 Å². The van der Waals surface area contributed by atoms with Gasteiger partial charge in [0.25, 0.3) is 0 Å². The summed E-state index contributed by atoms with van der Waals surface area (Å²) < 4.78 is 0. The van der Waals surface area contributed by atoms with Gasteiger partial charge in [0.1, 0.15) is 0 Å². The number of nitrogens with zero attached hydrogens (tertiary/aromatic N) is 1. The Hall–Kier alpha value is -1.81. The fraction of sp³-hybridized carbons (Fsp3) is 0. The molecule has 0 aliphatic rings. The maximum Gasteiger partial charge on any atom is 0.0998 e. The minimum Gasteiger partial charge on any atom is -0.192 e. The fourth-order valence-corrected chi connectivity index (χ4v) is 1.25. The first-order valence-electron chi connectivity index (χ1n) is 3.71. The zero-order chi connectivity index (χ0) is 8.39. The van der Waals surface area contributed by atoms with Gasteiger partial charge in [-0.05, 0) is 29.0 Å². The molecule has 0 saturated carbocycles. The van der Waals surface area contributed by atoms with Gasteiger partial charge in [-0.3, -0.25) is 0 Å². The highest BCUT2D eigenvalue weighted by Crippen LogP contribution is 2.16. The van der Waals surface area contributed by atoms with E-state index in [9.17, 15) is 0 Å². The molecule has 0 spiro atoms. The van der Waals surface area contributed by atoms with E-state index in [4.69, 9.17) is 5.26 Å². The highest BCUT2D eigenvalue weighted by molar-refractivity contribution is 5.87. The molecule has 0 aliphatic heterocycles. The molecule has 2 rings (SSSR count). The van der Waals surface area contributed by atoms with Crippen LogP contribution < -0.4 is 0 Å². The van der Waals surface area contributed by atoms with Gasteiger partial charge in [-0.2, -0.15) is 5.26 Å². The molecule has 0 atom stereocenters. The lowest BCUT2D eigenvalue weighted by Gasteiger charge is -1.96. The first-order valence-corrected chi connectivity index (χ1v) is 3.71. The van der Waals surface area contributed by atoms with Crippen molar-refractivity contribution in [2.75, 3.05) is 0 Å². The average Bonchev–Trinajstić information content (AvgIpc) is 2.17.